The quantitative estimate of drug-likeness (QED) is 0.487. The molecule has 0 aliphatic rings. The molecule has 0 aliphatic carbocycles. The highest BCUT2D eigenvalue weighted by atomic mass is 32.2. The van der Waals surface area contributed by atoms with E-state index in [1.165, 1.54) is 11.3 Å². The minimum atomic E-state index is -3.57. The third-order valence-electron chi connectivity index (χ3n) is 5.29. The van der Waals surface area contributed by atoms with E-state index < -0.39 is 10.0 Å². The van der Waals surface area contributed by atoms with Crippen LogP contribution in [0.5, 0.6) is 0 Å². The molecule has 0 amide bonds. The van der Waals surface area contributed by atoms with Crippen molar-refractivity contribution in [3.05, 3.63) is 69.7 Å². The molecule has 4 rings (SSSR count). The van der Waals surface area contributed by atoms with E-state index in [1.54, 1.807) is 6.07 Å². The fourth-order valence-corrected chi connectivity index (χ4v) is 5.65. The molecule has 0 saturated heterocycles. The number of rotatable bonds is 6. The molecule has 4 aromatic rings. The molecule has 156 valence electrons. The largest absolute Gasteiger partial charge is 0.240 e. The fourth-order valence-electron chi connectivity index (χ4n) is 3.45. The Morgan fingerprint density at radius 3 is 2.50 bits per heavy atom. The van der Waals surface area contributed by atoms with Crippen molar-refractivity contribution in [2.45, 2.75) is 39.0 Å². The highest BCUT2D eigenvalue weighted by molar-refractivity contribution is 7.89. The van der Waals surface area contributed by atoms with Crippen molar-refractivity contribution in [2.75, 3.05) is 6.54 Å². The minimum Gasteiger partial charge on any atom is -0.211 e. The van der Waals surface area contributed by atoms with Gasteiger partial charge in [0.2, 0.25) is 15.0 Å². The lowest BCUT2D eigenvalue weighted by molar-refractivity contribution is 0.580. The summed E-state index contributed by atoms with van der Waals surface area (Å²) in [6.07, 6.45) is 0.527. The summed E-state index contributed by atoms with van der Waals surface area (Å²) in [4.78, 5) is 5.77. The van der Waals surface area contributed by atoms with Crippen LogP contribution in [-0.2, 0) is 16.4 Å². The molecule has 0 atom stereocenters. The minimum absolute atomic E-state index is 0.292. The van der Waals surface area contributed by atoms with Crippen molar-refractivity contribution in [3.8, 4) is 11.4 Å². The van der Waals surface area contributed by atoms with E-state index in [0.29, 0.717) is 23.7 Å². The molecule has 0 fully saturated rings. The second-order valence-corrected chi connectivity index (χ2v) is 10.1. The first kappa shape index (κ1) is 20.7. The van der Waals surface area contributed by atoms with Crippen LogP contribution in [0.1, 0.15) is 27.9 Å². The van der Waals surface area contributed by atoms with Gasteiger partial charge in [-0.3, -0.25) is 0 Å². The number of hydrogen-bond acceptors (Lipinski definition) is 5. The average Bonchev–Trinajstić information content (AvgIpc) is 3.26. The lowest BCUT2D eigenvalue weighted by Crippen LogP contribution is -2.27. The van der Waals surface area contributed by atoms with Gasteiger partial charge in [-0.2, -0.15) is 4.98 Å². The zero-order chi connectivity index (χ0) is 21.5. The van der Waals surface area contributed by atoms with Crippen molar-refractivity contribution >= 4 is 26.3 Å². The van der Waals surface area contributed by atoms with Gasteiger partial charge in [-0.15, -0.1) is 16.4 Å². The predicted octanol–water partition coefficient (Wildman–Crippen LogP) is 4.21. The summed E-state index contributed by atoms with van der Waals surface area (Å²) in [5.41, 5.74) is 5.86. The van der Waals surface area contributed by atoms with E-state index in [1.807, 2.05) is 67.9 Å². The number of nitrogens with one attached hydrogen (secondary N) is 1. The number of aryl methyl sites for hydroxylation is 4. The number of hydrogen-bond donors (Lipinski definition) is 1. The highest BCUT2D eigenvalue weighted by Crippen LogP contribution is 2.24. The smallest absolute Gasteiger partial charge is 0.211 e. The number of fused-ring (bicyclic) bond motifs is 1. The van der Waals surface area contributed by atoms with Gasteiger partial charge in [0.05, 0.1) is 10.6 Å². The lowest BCUT2D eigenvalue weighted by atomic mass is 10.1. The molecule has 0 radical (unpaired) electrons. The van der Waals surface area contributed by atoms with Crippen LogP contribution < -0.4 is 4.72 Å². The summed E-state index contributed by atoms with van der Waals surface area (Å²) in [6.45, 7) is 8.06. The van der Waals surface area contributed by atoms with Gasteiger partial charge in [-0.1, -0.05) is 30.3 Å². The second-order valence-electron chi connectivity index (χ2n) is 7.52. The third kappa shape index (κ3) is 3.90. The van der Waals surface area contributed by atoms with Gasteiger partial charge in [0.1, 0.15) is 0 Å². The van der Waals surface area contributed by atoms with E-state index in [4.69, 9.17) is 0 Å². The van der Waals surface area contributed by atoms with Crippen LogP contribution in [0, 0.1) is 27.7 Å². The Bertz CT molecular complexity index is 1340. The van der Waals surface area contributed by atoms with E-state index >= 15 is 0 Å². The summed E-state index contributed by atoms with van der Waals surface area (Å²) in [6, 6.07) is 11.7. The topological polar surface area (TPSA) is 76.4 Å². The summed E-state index contributed by atoms with van der Waals surface area (Å²) in [5, 5.41) is 6.63. The Morgan fingerprint density at radius 1 is 1.00 bits per heavy atom. The number of benzene rings is 2. The van der Waals surface area contributed by atoms with Crippen molar-refractivity contribution < 1.29 is 8.42 Å². The van der Waals surface area contributed by atoms with Gasteiger partial charge in [0.15, 0.2) is 5.82 Å². The maximum atomic E-state index is 12.8. The Balaban J connectivity index is 1.52. The average molecular weight is 441 g/mol. The Kier molecular flexibility index (Phi) is 5.48. The van der Waals surface area contributed by atoms with E-state index in [2.05, 4.69) is 14.8 Å². The summed E-state index contributed by atoms with van der Waals surface area (Å²) in [7, 11) is -3.57. The summed E-state index contributed by atoms with van der Waals surface area (Å²) >= 11 is 1.51. The Labute approximate surface area is 180 Å². The number of sulfonamides is 1. The molecule has 2 aromatic heterocycles. The lowest BCUT2D eigenvalue weighted by Gasteiger charge is -2.11. The maximum absolute atomic E-state index is 12.8. The fraction of sp³-hybridized carbons (Fsp3) is 0.273. The SMILES string of the molecule is Cc1cc(C)c(S(=O)(=O)NCCc2csc3nc(-c4ccccc4C)nn23)cc1C. The van der Waals surface area contributed by atoms with Crippen molar-refractivity contribution in [2.24, 2.45) is 0 Å². The normalized spacial score (nSPS) is 12.0. The number of thiazole rings is 1. The first-order valence-corrected chi connectivity index (χ1v) is 12.1. The molecule has 0 bridgehead atoms. The zero-order valence-electron chi connectivity index (χ0n) is 17.4. The van der Waals surface area contributed by atoms with E-state index in [9.17, 15) is 8.42 Å². The molecule has 30 heavy (non-hydrogen) atoms. The first-order chi connectivity index (χ1) is 14.3. The Hall–Kier alpha value is -2.55. The molecular formula is C22H24N4O2S2. The molecule has 6 nitrogen and oxygen atoms in total. The summed E-state index contributed by atoms with van der Waals surface area (Å²) in [5.74, 6) is 0.688. The second kappa shape index (κ2) is 7.94. The van der Waals surface area contributed by atoms with Crippen LogP contribution in [0.3, 0.4) is 0 Å². The van der Waals surface area contributed by atoms with E-state index in [-0.39, 0.29) is 0 Å². The van der Waals surface area contributed by atoms with Crippen LogP contribution in [-0.4, -0.2) is 29.6 Å². The van der Waals surface area contributed by atoms with Crippen LogP contribution in [0.4, 0.5) is 0 Å². The summed E-state index contributed by atoms with van der Waals surface area (Å²) < 4.78 is 30.1. The first-order valence-electron chi connectivity index (χ1n) is 9.73. The maximum Gasteiger partial charge on any atom is 0.240 e. The van der Waals surface area contributed by atoms with Crippen molar-refractivity contribution in [1.82, 2.24) is 19.3 Å². The van der Waals surface area contributed by atoms with Crippen LogP contribution in [0.25, 0.3) is 16.3 Å². The monoisotopic (exact) mass is 440 g/mol. The molecule has 0 unspecified atom stereocenters. The van der Waals surface area contributed by atoms with Gasteiger partial charge in [-0.05, 0) is 56.0 Å². The van der Waals surface area contributed by atoms with Gasteiger partial charge >= 0.3 is 0 Å². The molecular weight excluding hydrogens is 416 g/mol. The van der Waals surface area contributed by atoms with Gasteiger partial charge in [-0.25, -0.2) is 17.7 Å². The zero-order valence-corrected chi connectivity index (χ0v) is 19.1. The van der Waals surface area contributed by atoms with Gasteiger partial charge < -0.3 is 0 Å². The van der Waals surface area contributed by atoms with Crippen molar-refractivity contribution in [3.63, 3.8) is 0 Å². The van der Waals surface area contributed by atoms with Gasteiger partial charge in [0.25, 0.3) is 0 Å². The Morgan fingerprint density at radius 2 is 1.73 bits per heavy atom. The van der Waals surface area contributed by atoms with Crippen LogP contribution in [0.15, 0.2) is 46.7 Å². The molecule has 2 heterocycles. The van der Waals surface area contributed by atoms with Crippen molar-refractivity contribution in [1.29, 1.82) is 0 Å². The molecule has 1 N–H and O–H groups in total. The molecule has 8 heteroatoms. The predicted molar refractivity (Wildman–Crippen MR) is 121 cm³/mol. The highest BCUT2D eigenvalue weighted by Gasteiger charge is 2.18. The molecule has 0 aliphatic heterocycles. The molecule has 0 spiro atoms. The standard InChI is InChI=1S/C22H24N4O2S2/c1-14-7-5-6-8-19(14)21-24-22-26(25-21)18(13-29-22)9-10-23-30(27,28)20-12-16(3)15(2)11-17(20)4/h5-8,11-13,23H,9-10H2,1-4H3. The molecule has 0 saturated carbocycles. The van der Waals surface area contributed by atoms with Crippen LogP contribution >= 0.6 is 11.3 Å². The van der Waals surface area contributed by atoms with Gasteiger partial charge in [0, 0.05) is 23.9 Å². The third-order valence-corrected chi connectivity index (χ3v) is 7.76. The van der Waals surface area contributed by atoms with E-state index in [0.717, 1.165) is 38.5 Å². The molecule has 2 aromatic carbocycles. The number of aromatic nitrogens is 3. The van der Waals surface area contributed by atoms with Crippen LogP contribution in [0.2, 0.25) is 0 Å². The number of nitrogens with zero attached hydrogens (tertiary/aromatic N) is 3.